The summed E-state index contributed by atoms with van der Waals surface area (Å²) in [6.45, 7) is 0. The molecular weight excluding hydrogens is 262 g/mol. The summed E-state index contributed by atoms with van der Waals surface area (Å²) in [6, 6.07) is 11.8. The van der Waals surface area contributed by atoms with Crippen LogP contribution >= 0.6 is 0 Å². The van der Waals surface area contributed by atoms with Crippen LogP contribution in [0.2, 0.25) is 0 Å². The average Bonchev–Trinajstić information content (AvgIpc) is 2.48. The minimum absolute atomic E-state index is 0.0772. The van der Waals surface area contributed by atoms with E-state index in [-0.39, 0.29) is 11.4 Å². The smallest absolute Gasteiger partial charge is 0.269 e. The maximum Gasteiger partial charge on any atom is 0.269 e. The molecule has 0 aromatic heterocycles. The van der Waals surface area contributed by atoms with Crippen LogP contribution in [0, 0.1) is 15.3 Å². The van der Waals surface area contributed by atoms with Gasteiger partial charge in [0.15, 0.2) is 0 Å². The lowest BCUT2D eigenvalue weighted by Crippen LogP contribution is -1.92. The number of ether oxygens (including phenoxy) is 1. The van der Waals surface area contributed by atoms with Gasteiger partial charge in [-0.2, -0.15) is 0 Å². The van der Waals surface area contributed by atoms with E-state index in [1.807, 2.05) is 0 Å². The third-order valence-corrected chi connectivity index (χ3v) is 2.56. The monoisotopic (exact) mass is 273 g/mol. The van der Waals surface area contributed by atoms with Gasteiger partial charge in [0.05, 0.1) is 12.0 Å². The first-order valence-electron chi connectivity index (χ1n) is 5.67. The van der Waals surface area contributed by atoms with Crippen LogP contribution in [0.3, 0.4) is 0 Å². The zero-order valence-electron chi connectivity index (χ0n) is 10.6. The highest BCUT2D eigenvalue weighted by molar-refractivity contribution is 5.42. The number of non-ortho nitro benzene ring substituents is 1. The van der Waals surface area contributed by atoms with Crippen LogP contribution in [-0.4, -0.2) is 16.9 Å². The Labute approximate surface area is 114 Å². The molecule has 0 heterocycles. The van der Waals surface area contributed by atoms with E-state index in [1.54, 1.807) is 31.4 Å². The Morgan fingerprint density at radius 2 is 1.50 bits per heavy atom. The second-order valence-electron chi connectivity index (χ2n) is 3.84. The predicted molar refractivity (Wildman–Crippen MR) is 71.5 cm³/mol. The van der Waals surface area contributed by atoms with Crippen molar-refractivity contribution in [2.24, 2.45) is 5.11 Å². The number of rotatable bonds is 4. The molecule has 0 aliphatic heterocycles. The highest BCUT2D eigenvalue weighted by atomic mass is 16.6. The molecule has 2 aromatic carbocycles. The molecule has 0 saturated carbocycles. The number of azo groups is 1. The first-order valence-corrected chi connectivity index (χ1v) is 5.67. The minimum atomic E-state index is -0.528. The van der Waals surface area contributed by atoms with Crippen LogP contribution in [0.4, 0.5) is 17.1 Å². The second kappa shape index (κ2) is 5.79. The van der Waals surface area contributed by atoms with Gasteiger partial charge >= 0.3 is 0 Å². The fraction of sp³-hybridized carbons (Fsp3) is 0.0769. The van der Waals surface area contributed by atoms with Crippen molar-refractivity contribution in [3.63, 3.8) is 0 Å². The van der Waals surface area contributed by atoms with Crippen molar-refractivity contribution in [1.29, 1.82) is 0 Å². The van der Waals surface area contributed by atoms with Gasteiger partial charge in [-0.15, -0.1) is 0 Å². The molecule has 7 nitrogen and oxygen atoms in total. The third kappa shape index (κ3) is 3.08. The summed E-state index contributed by atoms with van der Waals surface area (Å²) in [4.78, 5) is 10.4. The van der Waals surface area contributed by atoms with E-state index in [4.69, 9.17) is 4.74 Å². The molecule has 0 unspecified atom stereocenters. The highest BCUT2D eigenvalue weighted by Gasteiger charge is 2.09. The number of hydrogen-bond acceptors (Lipinski definition) is 5. The van der Waals surface area contributed by atoms with Crippen LogP contribution in [0.25, 0.3) is 0 Å². The Kier molecular flexibility index (Phi) is 3.90. The number of benzene rings is 2. The van der Waals surface area contributed by atoms with Gasteiger partial charge < -0.3 is 9.94 Å². The summed E-state index contributed by atoms with van der Waals surface area (Å²) < 4.78 is 5.00. The van der Waals surface area contributed by atoms with Crippen LogP contribution in [0.5, 0.6) is 5.75 Å². The van der Waals surface area contributed by atoms with Gasteiger partial charge in [0.2, 0.25) is 5.69 Å². The molecule has 2 aromatic rings. The Morgan fingerprint density at radius 1 is 0.950 bits per heavy atom. The fourth-order valence-corrected chi connectivity index (χ4v) is 1.51. The summed E-state index contributed by atoms with van der Waals surface area (Å²) in [7, 11) is 1.54. The van der Waals surface area contributed by atoms with Crippen molar-refractivity contribution in [3.8, 4) is 5.75 Å². The van der Waals surface area contributed by atoms with Crippen molar-refractivity contribution in [1.82, 2.24) is 0 Å². The molecule has 102 valence electrons. The zero-order chi connectivity index (χ0) is 14.5. The van der Waals surface area contributed by atoms with E-state index in [0.717, 1.165) is 0 Å². The van der Waals surface area contributed by atoms with E-state index in [2.05, 4.69) is 5.11 Å². The molecule has 0 saturated heterocycles. The van der Waals surface area contributed by atoms with Crippen LogP contribution in [0.15, 0.2) is 53.6 Å². The molecule has 0 bridgehead atoms. The Bertz CT molecular complexity index is 636. The van der Waals surface area contributed by atoms with Crippen molar-refractivity contribution in [2.45, 2.75) is 0 Å². The zero-order valence-corrected chi connectivity index (χ0v) is 10.6. The lowest BCUT2D eigenvalue weighted by Gasteiger charge is -2.00. The van der Waals surface area contributed by atoms with E-state index in [0.29, 0.717) is 16.3 Å². The van der Waals surface area contributed by atoms with Gasteiger partial charge in [-0.3, -0.25) is 10.1 Å². The molecular formula is C13H11N3O4. The highest BCUT2D eigenvalue weighted by Crippen LogP contribution is 2.22. The molecule has 0 spiro atoms. The first kappa shape index (κ1) is 13.5. The molecule has 0 fully saturated rings. The standard InChI is InChI=1S/C13H11N3O4/c1-20-13-8-2-10(3-9-13)14-15(17)11-4-6-12(7-5-11)16(18)19/h2-9H,1H3. The van der Waals surface area contributed by atoms with Crippen molar-refractivity contribution in [2.75, 3.05) is 7.11 Å². The van der Waals surface area contributed by atoms with Crippen LogP contribution in [0.1, 0.15) is 0 Å². The maximum absolute atomic E-state index is 11.8. The molecule has 0 N–H and O–H groups in total. The summed E-state index contributed by atoms with van der Waals surface area (Å²) in [5.41, 5.74) is 0.595. The molecule has 20 heavy (non-hydrogen) atoms. The predicted octanol–water partition coefficient (Wildman–Crippen LogP) is 3.53. The van der Waals surface area contributed by atoms with Gasteiger partial charge in [0.1, 0.15) is 11.4 Å². The molecule has 0 aliphatic rings. The quantitative estimate of drug-likeness (QED) is 0.368. The molecule has 0 atom stereocenters. The molecule has 7 heteroatoms. The van der Waals surface area contributed by atoms with Crippen molar-refractivity contribution in [3.05, 3.63) is 63.9 Å². The van der Waals surface area contributed by atoms with Gasteiger partial charge in [-0.05, 0) is 24.3 Å². The summed E-state index contributed by atoms with van der Waals surface area (Å²) in [5, 5.41) is 26.1. The first-order chi connectivity index (χ1) is 9.60. The SMILES string of the molecule is COc1ccc(N=[N+]([O-])c2ccc([N+](=O)[O-])cc2)cc1. The lowest BCUT2D eigenvalue weighted by atomic mass is 10.3. The van der Waals surface area contributed by atoms with E-state index in [9.17, 15) is 15.3 Å². The number of nitrogens with zero attached hydrogens (tertiary/aromatic N) is 3. The van der Waals surface area contributed by atoms with Gasteiger partial charge in [-0.25, -0.2) is 0 Å². The van der Waals surface area contributed by atoms with Gasteiger partial charge in [-0.1, -0.05) is 4.86 Å². The van der Waals surface area contributed by atoms with E-state index >= 15 is 0 Å². The van der Waals surface area contributed by atoms with Crippen molar-refractivity contribution < 1.29 is 14.5 Å². The number of methoxy groups -OCH3 is 1. The van der Waals surface area contributed by atoms with Crippen LogP contribution < -0.4 is 4.74 Å². The number of nitro groups is 1. The summed E-state index contributed by atoms with van der Waals surface area (Å²) in [5.74, 6) is 0.664. The topological polar surface area (TPSA) is 90.8 Å². The summed E-state index contributed by atoms with van der Waals surface area (Å²) in [6.07, 6.45) is 0. The van der Waals surface area contributed by atoms with E-state index < -0.39 is 4.92 Å². The normalized spacial score (nSPS) is 11.2. The number of hydrogen-bond donors (Lipinski definition) is 0. The molecule has 0 aliphatic carbocycles. The largest absolute Gasteiger partial charge is 0.594 e. The van der Waals surface area contributed by atoms with Gasteiger partial charge in [0, 0.05) is 29.4 Å². The Balaban J connectivity index is 2.22. The van der Waals surface area contributed by atoms with E-state index in [1.165, 1.54) is 24.3 Å². The third-order valence-electron chi connectivity index (χ3n) is 2.56. The Morgan fingerprint density at radius 3 is 2.00 bits per heavy atom. The molecule has 0 radical (unpaired) electrons. The van der Waals surface area contributed by atoms with Crippen LogP contribution in [-0.2, 0) is 0 Å². The van der Waals surface area contributed by atoms with Gasteiger partial charge in [0.25, 0.3) is 5.69 Å². The fourth-order valence-electron chi connectivity index (χ4n) is 1.51. The minimum Gasteiger partial charge on any atom is -0.594 e. The second-order valence-corrected chi connectivity index (χ2v) is 3.84. The summed E-state index contributed by atoms with van der Waals surface area (Å²) >= 11 is 0. The Hall–Kier alpha value is -2.96. The molecule has 0 amide bonds. The maximum atomic E-state index is 11.8. The van der Waals surface area contributed by atoms with Crippen molar-refractivity contribution >= 4 is 17.1 Å². The molecule has 2 rings (SSSR count). The average molecular weight is 273 g/mol. The lowest BCUT2D eigenvalue weighted by molar-refractivity contribution is -0.435. The number of nitro benzene ring substituents is 1.